The number of hydrogen-bond acceptors (Lipinski definition) is 6. The maximum atomic E-state index is 12.3. The van der Waals surface area contributed by atoms with Crippen molar-refractivity contribution in [3.63, 3.8) is 0 Å². The molecular weight excluding hydrogens is 414 g/mol. The zero-order valence-corrected chi connectivity index (χ0v) is 17.2. The van der Waals surface area contributed by atoms with Crippen molar-refractivity contribution in [2.75, 3.05) is 5.32 Å². The van der Waals surface area contributed by atoms with Crippen molar-refractivity contribution in [2.45, 2.75) is 32.5 Å². The summed E-state index contributed by atoms with van der Waals surface area (Å²) in [4.78, 5) is 27.7. The normalized spacial score (nSPS) is 14.3. The molecule has 2 heterocycles. The third kappa shape index (κ3) is 4.72. The number of carbonyl (C=O) groups is 2. The average Bonchev–Trinajstić information content (AvgIpc) is 2.98. The van der Waals surface area contributed by atoms with Gasteiger partial charge >= 0.3 is 5.97 Å². The molecule has 1 aliphatic rings. The van der Waals surface area contributed by atoms with E-state index in [9.17, 15) is 14.7 Å². The van der Waals surface area contributed by atoms with Crippen LogP contribution in [0.25, 0.3) is 10.4 Å². The molecule has 0 bridgehead atoms. The van der Waals surface area contributed by atoms with Gasteiger partial charge in [0.2, 0.25) is 0 Å². The molecule has 0 spiro atoms. The molecule has 9 nitrogen and oxygen atoms in total. The third-order valence-corrected chi connectivity index (χ3v) is 5.57. The number of nitrogens with one attached hydrogen (secondary N) is 2. The smallest absolute Gasteiger partial charge is 0.339 e. The molecule has 2 aromatic rings. The fraction of sp³-hybridized carbons (Fsp3) is 0.278. The van der Waals surface area contributed by atoms with Crippen LogP contribution in [0, 0.1) is 0 Å². The highest BCUT2D eigenvalue weighted by Crippen LogP contribution is 2.40. The van der Waals surface area contributed by atoms with E-state index in [0.29, 0.717) is 29.3 Å². The second-order valence-electron chi connectivity index (χ2n) is 6.88. The summed E-state index contributed by atoms with van der Waals surface area (Å²) >= 11 is 6.43. The largest absolute Gasteiger partial charge is 0.478 e. The first kappa shape index (κ1) is 20.7. The highest BCUT2D eigenvalue weighted by atomic mass is 32.1. The lowest BCUT2D eigenvalue weighted by atomic mass is 9.93. The summed E-state index contributed by atoms with van der Waals surface area (Å²) in [6.07, 6.45) is 0.471. The van der Waals surface area contributed by atoms with Crippen LogP contribution in [-0.2, 0) is 17.8 Å². The topological polar surface area (TPSA) is 136 Å². The number of rotatable bonds is 4. The first-order valence-corrected chi connectivity index (χ1v) is 9.72. The fourth-order valence-corrected chi connectivity index (χ4v) is 4.30. The minimum absolute atomic E-state index is 0.0182. The van der Waals surface area contributed by atoms with Crippen molar-refractivity contribution < 1.29 is 19.4 Å². The number of carbonyl (C=O) groups excluding carboxylic acids is 1. The maximum Gasteiger partial charge on any atom is 0.339 e. The second-order valence-corrected chi connectivity index (χ2v) is 8.40. The number of anilines is 1. The SMILES string of the molecule is CC1(C)Cc2c(sc(NC(=S)NC(=O)c3ccc(N=[N+]=[N-])cc3)c2C(=O)O)CO1. The van der Waals surface area contributed by atoms with Crippen molar-refractivity contribution >= 4 is 51.2 Å². The van der Waals surface area contributed by atoms with Crippen LogP contribution in [0.3, 0.4) is 0 Å². The summed E-state index contributed by atoms with van der Waals surface area (Å²) in [6.45, 7) is 4.14. The number of fused-ring (bicyclic) bond motifs is 1. The first-order chi connectivity index (χ1) is 13.7. The highest BCUT2D eigenvalue weighted by molar-refractivity contribution is 7.80. The molecule has 0 unspecified atom stereocenters. The Hall–Kier alpha value is -2.98. The van der Waals surface area contributed by atoms with Crippen molar-refractivity contribution in [3.05, 3.63) is 56.3 Å². The number of thiophene rings is 1. The van der Waals surface area contributed by atoms with E-state index in [1.165, 1.54) is 35.6 Å². The molecule has 0 aliphatic carbocycles. The van der Waals surface area contributed by atoms with Gasteiger partial charge in [-0.05, 0) is 49.3 Å². The molecule has 29 heavy (non-hydrogen) atoms. The summed E-state index contributed by atoms with van der Waals surface area (Å²) in [6, 6.07) is 5.99. The van der Waals surface area contributed by atoms with Crippen LogP contribution in [-0.4, -0.2) is 27.7 Å². The monoisotopic (exact) mass is 431 g/mol. The number of carboxylic acids is 1. The van der Waals surface area contributed by atoms with Gasteiger partial charge in [0, 0.05) is 27.5 Å². The predicted octanol–water partition coefficient (Wildman–Crippen LogP) is 4.37. The molecule has 3 rings (SSSR count). The molecule has 0 radical (unpaired) electrons. The number of hydrogen-bond donors (Lipinski definition) is 3. The maximum absolute atomic E-state index is 12.3. The molecule has 150 valence electrons. The van der Waals surface area contributed by atoms with E-state index in [2.05, 4.69) is 20.7 Å². The molecule has 0 atom stereocenters. The van der Waals surface area contributed by atoms with Gasteiger partial charge in [0.05, 0.1) is 17.8 Å². The second kappa shape index (κ2) is 8.18. The van der Waals surface area contributed by atoms with E-state index in [0.717, 1.165) is 10.4 Å². The molecule has 3 N–H and O–H groups in total. The first-order valence-electron chi connectivity index (χ1n) is 8.49. The van der Waals surface area contributed by atoms with Gasteiger partial charge in [0.15, 0.2) is 5.11 Å². The van der Waals surface area contributed by atoms with Crippen LogP contribution in [0.4, 0.5) is 10.7 Å². The van der Waals surface area contributed by atoms with Crippen LogP contribution < -0.4 is 10.6 Å². The van der Waals surface area contributed by atoms with Crippen molar-refractivity contribution in [1.29, 1.82) is 0 Å². The van der Waals surface area contributed by atoms with E-state index in [-0.39, 0.29) is 10.7 Å². The Morgan fingerprint density at radius 2 is 2.03 bits per heavy atom. The van der Waals surface area contributed by atoms with Gasteiger partial charge in [0.1, 0.15) is 5.00 Å². The van der Waals surface area contributed by atoms with Gasteiger partial charge in [-0.1, -0.05) is 17.2 Å². The lowest BCUT2D eigenvalue weighted by molar-refractivity contribution is -0.0384. The predicted molar refractivity (Wildman–Crippen MR) is 113 cm³/mol. The lowest BCUT2D eigenvalue weighted by Crippen LogP contribution is -2.34. The summed E-state index contributed by atoms with van der Waals surface area (Å²) in [7, 11) is 0. The number of carboxylic acid groups (broad SMARTS) is 1. The van der Waals surface area contributed by atoms with E-state index in [1.54, 1.807) is 0 Å². The summed E-state index contributed by atoms with van der Waals surface area (Å²) in [5, 5.41) is 18.8. The van der Waals surface area contributed by atoms with Gasteiger partial charge in [-0.25, -0.2) is 4.79 Å². The number of azide groups is 1. The van der Waals surface area contributed by atoms with Crippen molar-refractivity contribution in [1.82, 2.24) is 5.32 Å². The Morgan fingerprint density at radius 3 is 2.66 bits per heavy atom. The van der Waals surface area contributed by atoms with E-state index in [1.807, 2.05) is 13.8 Å². The number of amides is 1. The average molecular weight is 431 g/mol. The Balaban J connectivity index is 1.75. The van der Waals surface area contributed by atoms with E-state index < -0.39 is 17.5 Å². The highest BCUT2D eigenvalue weighted by Gasteiger charge is 2.33. The number of ether oxygens (including phenoxy) is 1. The Kier molecular flexibility index (Phi) is 5.85. The molecule has 1 aromatic carbocycles. The van der Waals surface area contributed by atoms with Crippen LogP contribution in [0.1, 0.15) is 45.0 Å². The minimum atomic E-state index is -1.06. The summed E-state index contributed by atoms with van der Waals surface area (Å²) in [5.74, 6) is -1.54. The van der Waals surface area contributed by atoms with Gasteiger partial charge in [-0.15, -0.1) is 11.3 Å². The summed E-state index contributed by atoms with van der Waals surface area (Å²) in [5.41, 5.74) is 9.53. The van der Waals surface area contributed by atoms with Gasteiger partial charge in [-0.2, -0.15) is 0 Å². The van der Waals surface area contributed by atoms with Gasteiger partial charge in [0.25, 0.3) is 5.91 Å². The van der Waals surface area contributed by atoms with Gasteiger partial charge in [-0.3, -0.25) is 10.1 Å². The summed E-state index contributed by atoms with van der Waals surface area (Å²) < 4.78 is 5.75. The third-order valence-electron chi connectivity index (χ3n) is 4.24. The molecule has 0 fully saturated rings. The number of aromatic carboxylic acids is 1. The van der Waals surface area contributed by atoms with E-state index >= 15 is 0 Å². The standard InChI is InChI=1S/C18H17N5O4S2/c1-18(2)7-11-12(8-27-18)29-15(13(11)16(25)26)21-17(28)20-14(24)9-3-5-10(6-4-9)22-23-19/h3-6H,7-8H2,1-2H3,(H,25,26)(H2,20,21,24,28). The molecule has 1 aliphatic heterocycles. The zero-order chi connectivity index (χ0) is 21.2. The van der Waals surface area contributed by atoms with Crippen LogP contribution >= 0.6 is 23.6 Å². The molecule has 1 amide bonds. The van der Waals surface area contributed by atoms with E-state index in [4.69, 9.17) is 22.5 Å². The molecule has 11 heteroatoms. The Morgan fingerprint density at radius 1 is 1.34 bits per heavy atom. The number of thiocarbonyl (C=S) groups is 1. The van der Waals surface area contributed by atoms with Crippen molar-refractivity contribution in [2.24, 2.45) is 5.11 Å². The van der Waals surface area contributed by atoms with Crippen LogP contribution in [0.2, 0.25) is 0 Å². The molecule has 0 saturated heterocycles. The fourth-order valence-electron chi connectivity index (χ4n) is 2.91. The number of benzene rings is 1. The molecular formula is C18H17N5O4S2. The van der Waals surface area contributed by atoms with Crippen LogP contribution in [0.5, 0.6) is 0 Å². The quantitative estimate of drug-likeness (QED) is 0.285. The Labute approximate surface area is 175 Å². The Bertz CT molecular complexity index is 1040. The lowest BCUT2D eigenvalue weighted by Gasteiger charge is -2.30. The van der Waals surface area contributed by atoms with Crippen LogP contribution in [0.15, 0.2) is 29.4 Å². The number of nitrogens with zero attached hydrogens (tertiary/aromatic N) is 3. The molecule has 0 saturated carbocycles. The molecule has 1 aromatic heterocycles. The van der Waals surface area contributed by atoms with Crippen molar-refractivity contribution in [3.8, 4) is 0 Å². The van der Waals surface area contributed by atoms with Gasteiger partial charge < -0.3 is 15.2 Å². The minimum Gasteiger partial charge on any atom is -0.478 e. The zero-order valence-electron chi connectivity index (χ0n) is 15.6.